The Morgan fingerprint density at radius 1 is 1.43 bits per heavy atom. The van der Waals surface area contributed by atoms with E-state index in [1.165, 1.54) is 24.1 Å². The first-order valence-electron chi connectivity index (χ1n) is 6.44. The first kappa shape index (κ1) is 16.4. The molecule has 0 bridgehead atoms. The third kappa shape index (κ3) is 4.00. The molecular formula is C13H16BrF4N3. The summed E-state index contributed by atoms with van der Waals surface area (Å²) in [6, 6.07) is 2.56. The van der Waals surface area contributed by atoms with Gasteiger partial charge in [0.2, 0.25) is 0 Å². The van der Waals surface area contributed by atoms with Crippen molar-refractivity contribution in [1.29, 1.82) is 0 Å². The number of anilines is 2. The van der Waals surface area contributed by atoms with E-state index in [1.54, 1.807) is 0 Å². The number of likely N-dealkylation sites (N-methyl/N-ethyl adjacent to an activating group) is 1. The van der Waals surface area contributed by atoms with E-state index in [0.29, 0.717) is 30.9 Å². The van der Waals surface area contributed by atoms with Gasteiger partial charge in [0, 0.05) is 25.2 Å². The van der Waals surface area contributed by atoms with Gasteiger partial charge in [-0.1, -0.05) is 0 Å². The summed E-state index contributed by atoms with van der Waals surface area (Å²) in [5.74, 6) is -0.439. The van der Waals surface area contributed by atoms with Crippen LogP contribution in [0.15, 0.2) is 16.6 Å². The molecule has 1 aromatic rings. The molecule has 0 saturated carbocycles. The summed E-state index contributed by atoms with van der Waals surface area (Å²) in [5, 5.41) is 0. The molecule has 1 atom stereocenters. The number of hydrogen-bond acceptors (Lipinski definition) is 3. The molecule has 2 rings (SSSR count). The monoisotopic (exact) mass is 369 g/mol. The molecule has 1 aliphatic rings. The van der Waals surface area contributed by atoms with Crippen molar-refractivity contribution in [3.05, 3.63) is 22.4 Å². The Hall–Kier alpha value is -1.02. The summed E-state index contributed by atoms with van der Waals surface area (Å²) < 4.78 is 51.1. The van der Waals surface area contributed by atoms with E-state index in [1.807, 2.05) is 4.90 Å². The Balaban J connectivity index is 2.07. The second-order valence-electron chi connectivity index (χ2n) is 5.24. The number of nitrogens with two attached hydrogens (primary N) is 1. The molecular weight excluding hydrogens is 354 g/mol. The summed E-state index contributed by atoms with van der Waals surface area (Å²) in [5.41, 5.74) is 6.79. The van der Waals surface area contributed by atoms with Gasteiger partial charge in [-0.25, -0.2) is 4.39 Å². The van der Waals surface area contributed by atoms with Crippen LogP contribution in [-0.4, -0.2) is 43.8 Å². The zero-order chi connectivity index (χ0) is 15.8. The Morgan fingerprint density at radius 3 is 2.71 bits per heavy atom. The molecule has 118 valence electrons. The van der Waals surface area contributed by atoms with Crippen molar-refractivity contribution in [3.8, 4) is 0 Å². The van der Waals surface area contributed by atoms with E-state index >= 15 is 0 Å². The van der Waals surface area contributed by atoms with Gasteiger partial charge in [0.15, 0.2) is 0 Å². The van der Waals surface area contributed by atoms with Crippen molar-refractivity contribution in [2.75, 3.05) is 37.3 Å². The van der Waals surface area contributed by atoms with Gasteiger partial charge >= 0.3 is 6.18 Å². The zero-order valence-corrected chi connectivity index (χ0v) is 13.0. The highest BCUT2D eigenvalue weighted by Gasteiger charge is 2.35. The van der Waals surface area contributed by atoms with E-state index in [4.69, 9.17) is 5.73 Å². The molecule has 1 unspecified atom stereocenters. The van der Waals surface area contributed by atoms with Crippen LogP contribution in [0.1, 0.15) is 6.42 Å². The Labute approximate surface area is 128 Å². The number of alkyl halides is 3. The van der Waals surface area contributed by atoms with Crippen LogP contribution in [0.3, 0.4) is 0 Å². The minimum Gasteiger partial charge on any atom is -0.397 e. The lowest BCUT2D eigenvalue weighted by Gasteiger charge is -2.26. The summed E-state index contributed by atoms with van der Waals surface area (Å²) in [4.78, 5) is 3.10. The maximum atomic E-state index is 13.6. The second kappa shape index (κ2) is 6.00. The SMILES string of the molecule is CN(CC(F)(F)F)C1CCN(c2cc(F)c(Br)cc2N)C1. The summed E-state index contributed by atoms with van der Waals surface area (Å²) in [6.07, 6.45) is -3.63. The molecule has 1 saturated heterocycles. The topological polar surface area (TPSA) is 32.5 Å². The molecule has 3 nitrogen and oxygen atoms in total. The van der Waals surface area contributed by atoms with Crippen LogP contribution >= 0.6 is 15.9 Å². The number of rotatable bonds is 3. The number of nitrogens with zero attached hydrogens (tertiary/aromatic N) is 2. The van der Waals surface area contributed by atoms with Gasteiger partial charge in [0.1, 0.15) is 5.82 Å². The van der Waals surface area contributed by atoms with Crippen LogP contribution in [0.5, 0.6) is 0 Å². The summed E-state index contributed by atoms with van der Waals surface area (Å²) in [7, 11) is 1.45. The number of nitrogen functional groups attached to an aromatic ring is 1. The van der Waals surface area contributed by atoms with E-state index in [2.05, 4.69) is 15.9 Å². The maximum absolute atomic E-state index is 13.6. The van der Waals surface area contributed by atoms with Gasteiger partial charge in [-0.15, -0.1) is 0 Å². The molecule has 0 aliphatic carbocycles. The van der Waals surface area contributed by atoms with E-state index in [0.717, 1.165) is 0 Å². The van der Waals surface area contributed by atoms with Crippen LogP contribution < -0.4 is 10.6 Å². The minimum atomic E-state index is -4.22. The predicted molar refractivity (Wildman–Crippen MR) is 77.8 cm³/mol. The average Bonchev–Trinajstić information content (AvgIpc) is 2.81. The molecule has 1 aliphatic heterocycles. The third-order valence-electron chi connectivity index (χ3n) is 3.63. The molecule has 0 spiro atoms. The fraction of sp³-hybridized carbons (Fsp3) is 0.538. The lowest BCUT2D eigenvalue weighted by molar-refractivity contribution is -0.146. The van der Waals surface area contributed by atoms with Crippen LogP contribution in [0.4, 0.5) is 28.9 Å². The number of halogens is 5. The molecule has 1 heterocycles. The zero-order valence-electron chi connectivity index (χ0n) is 11.4. The Bertz CT molecular complexity index is 521. The third-order valence-corrected chi connectivity index (χ3v) is 4.23. The van der Waals surface area contributed by atoms with Gasteiger partial charge in [-0.3, -0.25) is 4.90 Å². The number of benzene rings is 1. The molecule has 8 heteroatoms. The Kier molecular flexibility index (Phi) is 4.67. The van der Waals surface area contributed by atoms with Crippen LogP contribution in [0.2, 0.25) is 0 Å². The van der Waals surface area contributed by atoms with Crippen molar-refractivity contribution in [3.63, 3.8) is 0 Å². The standard InChI is InChI=1S/C13H16BrF4N3/c1-20(7-13(16,17)18)8-2-3-21(6-8)12-5-10(15)9(14)4-11(12)19/h4-5,8H,2-3,6-7,19H2,1H3. The molecule has 0 aromatic heterocycles. The van der Waals surface area contributed by atoms with Crippen LogP contribution in [-0.2, 0) is 0 Å². The highest BCUT2D eigenvalue weighted by atomic mass is 79.9. The summed E-state index contributed by atoms with van der Waals surface area (Å²) >= 11 is 3.05. The minimum absolute atomic E-state index is 0.224. The fourth-order valence-electron chi connectivity index (χ4n) is 2.56. The van der Waals surface area contributed by atoms with E-state index in [-0.39, 0.29) is 10.5 Å². The highest BCUT2D eigenvalue weighted by molar-refractivity contribution is 9.10. The fourth-order valence-corrected chi connectivity index (χ4v) is 2.92. The smallest absolute Gasteiger partial charge is 0.397 e. The van der Waals surface area contributed by atoms with Gasteiger partial charge < -0.3 is 10.6 Å². The molecule has 0 radical (unpaired) electrons. The van der Waals surface area contributed by atoms with Crippen molar-refractivity contribution < 1.29 is 17.6 Å². The molecule has 0 amide bonds. The summed E-state index contributed by atoms with van der Waals surface area (Å²) in [6.45, 7) is 0.00563. The van der Waals surface area contributed by atoms with E-state index < -0.39 is 18.5 Å². The lowest BCUT2D eigenvalue weighted by atomic mass is 10.2. The highest BCUT2D eigenvalue weighted by Crippen LogP contribution is 2.32. The van der Waals surface area contributed by atoms with Gasteiger partial charge in [-0.2, -0.15) is 13.2 Å². The maximum Gasteiger partial charge on any atom is 0.401 e. The predicted octanol–water partition coefficient (Wildman–Crippen LogP) is 3.24. The largest absolute Gasteiger partial charge is 0.401 e. The van der Waals surface area contributed by atoms with Crippen LogP contribution in [0, 0.1) is 5.82 Å². The van der Waals surface area contributed by atoms with Crippen molar-refractivity contribution in [2.24, 2.45) is 0 Å². The van der Waals surface area contributed by atoms with Crippen molar-refractivity contribution >= 4 is 27.3 Å². The van der Waals surface area contributed by atoms with Gasteiger partial charge in [0.25, 0.3) is 0 Å². The first-order valence-corrected chi connectivity index (χ1v) is 7.23. The molecule has 1 aromatic carbocycles. The quantitative estimate of drug-likeness (QED) is 0.655. The molecule has 1 fully saturated rings. The number of hydrogen-bond donors (Lipinski definition) is 1. The van der Waals surface area contributed by atoms with Gasteiger partial charge in [0.05, 0.1) is 22.4 Å². The second-order valence-corrected chi connectivity index (χ2v) is 6.10. The molecule has 2 N–H and O–H groups in total. The Morgan fingerprint density at radius 2 is 2.10 bits per heavy atom. The average molecular weight is 370 g/mol. The molecule has 21 heavy (non-hydrogen) atoms. The first-order chi connectivity index (χ1) is 9.67. The lowest BCUT2D eigenvalue weighted by Crippen LogP contribution is -2.40. The van der Waals surface area contributed by atoms with Crippen molar-refractivity contribution in [2.45, 2.75) is 18.6 Å². The van der Waals surface area contributed by atoms with Gasteiger partial charge in [-0.05, 0) is 35.5 Å². The normalized spacial score (nSPS) is 19.6. The van der Waals surface area contributed by atoms with Crippen LogP contribution in [0.25, 0.3) is 0 Å². The van der Waals surface area contributed by atoms with E-state index in [9.17, 15) is 17.6 Å². The van der Waals surface area contributed by atoms with Crippen molar-refractivity contribution in [1.82, 2.24) is 4.90 Å².